The number of rotatable bonds is 9. The number of halogens is 1. The molecule has 0 saturated carbocycles. The van der Waals surface area contributed by atoms with Gasteiger partial charge in [-0.2, -0.15) is 4.31 Å². The molecule has 0 aliphatic carbocycles. The third-order valence-corrected chi connectivity index (χ3v) is 8.54. The molecule has 0 spiro atoms. The number of carboxylic acids is 1. The first-order chi connectivity index (χ1) is 16.1. The molecule has 0 aromatic heterocycles. The van der Waals surface area contributed by atoms with Gasteiger partial charge in [0.1, 0.15) is 11.8 Å². The number of aryl methyl sites for hydroxylation is 1. The van der Waals surface area contributed by atoms with Crippen LogP contribution in [-0.2, 0) is 27.8 Å². The summed E-state index contributed by atoms with van der Waals surface area (Å²) in [5, 5.41) is 10.2. The summed E-state index contributed by atoms with van der Waals surface area (Å²) in [6.45, 7) is 5.13. The second kappa shape index (κ2) is 10.7. The van der Waals surface area contributed by atoms with Gasteiger partial charge in [-0.05, 0) is 73.2 Å². The van der Waals surface area contributed by atoms with Gasteiger partial charge in [0.2, 0.25) is 10.0 Å². The first kappa shape index (κ1) is 25.9. The zero-order valence-corrected chi connectivity index (χ0v) is 22.0. The van der Waals surface area contributed by atoms with Gasteiger partial charge in [-0.3, -0.25) is 4.79 Å². The molecule has 0 aliphatic heterocycles. The van der Waals surface area contributed by atoms with E-state index in [4.69, 9.17) is 4.74 Å². The average Bonchev–Trinajstić information content (AvgIpc) is 2.79. The minimum absolute atomic E-state index is 0.0383. The van der Waals surface area contributed by atoms with Crippen LogP contribution in [0.25, 0.3) is 0 Å². The van der Waals surface area contributed by atoms with Crippen molar-refractivity contribution < 1.29 is 23.1 Å². The van der Waals surface area contributed by atoms with Gasteiger partial charge in [0, 0.05) is 11.0 Å². The number of hydrogen-bond donors (Lipinski definition) is 1. The van der Waals surface area contributed by atoms with Crippen LogP contribution in [0.2, 0.25) is 0 Å². The third-order valence-electron chi connectivity index (χ3n) is 5.90. The number of methoxy groups -OCH3 is 1. The molecule has 3 aromatic rings. The summed E-state index contributed by atoms with van der Waals surface area (Å²) < 4.78 is 35.6. The van der Waals surface area contributed by atoms with Crippen LogP contribution in [0.5, 0.6) is 5.75 Å². The highest BCUT2D eigenvalue weighted by Crippen LogP contribution is 2.34. The van der Waals surface area contributed by atoms with Crippen molar-refractivity contribution in [3.05, 3.63) is 93.0 Å². The van der Waals surface area contributed by atoms with Crippen LogP contribution in [0, 0.1) is 20.8 Å². The topological polar surface area (TPSA) is 83.9 Å². The molecule has 1 N–H and O–H groups in total. The summed E-state index contributed by atoms with van der Waals surface area (Å²) in [6, 6.07) is 16.6. The van der Waals surface area contributed by atoms with Crippen LogP contribution < -0.4 is 4.74 Å². The zero-order valence-electron chi connectivity index (χ0n) is 19.6. The Hall–Kier alpha value is -2.68. The lowest BCUT2D eigenvalue weighted by Crippen LogP contribution is -2.46. The molecule has 0 aliphatic rings. The zero-order chi connectivity index (χ0) is 25.0. The molecule has 1 atom stereocenters. The average molecular weight is 546 g/mol. The van der Waals surface area contributed by atoms with Gasteiger partial charge in [-0.1, -0.05) is 58.4 Å². The molecule has 0 unspecified atom stereocenters. The number of hydrogen-bond acceptors (Lipinski definition) is 4. The molecule has 0 amide bonds. The quantitative estimate of drug-likeness (QED) is 0.396. The summed E-state index contributed by atoms with van der Waals surface area (Å²) in [5.41, 5.74) is 3.16. The van der Waals surface area contributed by atoms with Crippen molar-refractivity contribution in [1.29, 1.82) is 0 Å². The van der Waals surface area contributed by atoms with Crippen LogP contribution >= 0.6 is 15.9 Å². The van der Waals surface area contributed by atoms with Gasteiger partial charge in [0.05, 0.1) is 12.0 Å². The van der Waals surface area contributed by atoms with E-state index in [1.165, 1.54) is 7.11 Å². The fourth-order valence-electron chi connectivity index (χ4n) is 4.08. The minimum Gasteiger partial charge on any atom is -0.496 e. The van der Waals surface area contributed by atoms with Crippen LogP contribution in [0.15, 0.2) is 70.0 Å². The Morgan fingerprint density at radius 1 is 1.00 bits per heavy atom. The lowest BCUT2D eigenvalue weighted by molar-refractivity contribution is -0.141. The Morgan fingerprint density at radius 3 is 2.24 bits per heavy atom. The highest BCUT2D eigenvalue weighted by atomic mass is 79.9. The van der Waals surface area contributed by atoms with E-state index in [0.29, 0.717) is 28.0 Å². The highest BCUT2D eigenvalue weighted by molar-refractivity contribution is 9.10. The molecule has 3 rings (SSSR count). The van der Waals surface area contributed by atoms with E-state index in [2.05, 4.69) is 15.9 Å². The van der Waals surface area contributed by atoms with E-state index in [0.717, 1.165) is 14.3 Å². The summed E-state index contributed by atoms with van der Waals surface area (Å²) in [5.74, 6) is -0.616. The standard InChI is InChI=1S/C26H28BrNO5S/c1-17-13-24(33-4)18(2)19(3)25(17)34(31,32)28(16-21-11-8-12-22(27)14-21)23(26(29)30)15-20-9-6-5-7-10-20/h5-14,23H,15-16H2,1-4H3,(H,29,30)/t23-/m0/s1. The molecule has 0 saturated heterocycles. The first-order valence-electron chi connectivity index (χ1n) is 10.7. The smallest absolute Gasteiger partial charge is 0.322 e. The molecule has 0 heterocycles. The van der Waals surface area contributed by atoms with Crippen LogP contribution in [0.1, 0.15) is 27.8 Å². The normalized spacial score (nSPS) is 12.5. The van der Waals surface area contributed by atoms with E-state index < -0.39 is 22.0 Å². The lowest BCUT2D eigenvalue weighted by atomic mass is 10.1. The summed E-state index contributed by atoms with van der Waals surface area (Å²) in [7, 11) is -2.67. The molecular weight excluding hydrogens is 518 g/mol. The van der Waals surface area contributed by atoms with E-state index in [-0.39, 0.29) is 17.9 Å². The fourth-order valence-corrected chi connectivity index (χ4v) is 6.58. The number of nitrogens with zero attached hydrogens (tertiary/aromatic N) is 1. The Morgan fingerprint density at radius 2 is 1.65 bits per heavy atom. The number of aliphatic carboxylic acids is 1. The van der Waals surface area contributed by atoms with Crippen molar-refractivity contribution in [2.45, 2.75) is 44.7 Å². The van der Waals surface area contributed by atoms with Crippen molar-refractivity contribution in [3.63, 3.8) is 0 Å². The van der Waals surface area contributed by atoms with Gasteiger partial charge in [-0.15, -0.1) is 0 Å². The second-order valence-corrected chi connectivity index (χ2v) is 10.9. The molecule has 3 aromatic carbocycles. The van der Waals surface area contributed by atoms with E-state index in [9.17, 15) is 18.3 Å². The predicted molar refractivity (Wildman–Crippen MR) is 136 cm³/mol. The van der Waals surface area contributed by atoms with Gasteiger partial charge in [0.25, 0.3) is 0 Å². The van der Waals surface area contributed by atoms with Crippen molar-refractivity contribution in [1.82, 2.24) is 4.31 Å². The monoisotopic (exact) mass is 545 g/mol. The van der Waals surface area contributed by atoms with Gasteiger partial charge < -0.3 is 9.84 Å². The van der Waals surface area contributed by atoms with Crippen molar-refractivity contribution in [2.24, 2.45) is 0 Å². The third kappa shape index (κ3) is 5.51. The number of carbonyl (C=O) groups is 1. The van der Waals surface area contributed by atoms with Crippen LogP contribution in [0.3, 0.4) is 0 Å². The summed E-state index contributed by atoms with van der Waals surface area (Å²) in [4.78, 5) is 12.6. The highest BCUT2D eigenvalue weighted by Gasteiger charge is 2.38. The molecular formula is C26H28BrNO5S. The number of sulfonamides is 1. The molecule has 8 heteroatoms. The SMILES string of the molecule is COc1cc(C)c(S(=O)(=O)N(Cc2cccc(Br)c2)[C@@H](Cc2ccccc2)C(=O)O)c(C)c1C. The van der Waals surface area contributed by atoms with E-state index >= 15 is 0 Å². The summed E-state index contributed by atoms with van der Waals surface area (Å²) in [6.07, 6.45) is 0.0383. The summed E-state index contributed by atoms with van der Waals surface area (Å²) >= 11 is 3.42. The van der Waals surface area contributed by atoms with Crippen LogP contribution in [0.4, 0.5) is 0 Å². The predicted octanol–water partition coefficient (Wildman–Crippen LogP) is 5.27. The molecule has 34 heavy (non-hydrogen) atoms. The minimum atomic E-state index is -4.20. The van der Waals surface area contributed by atoms with E-state index in [1.807, 2.05) is 24.3 Å². The van der Waals surface area contributed by atoms with Gasteiger partial charge in [0.15, 0.2) is 0 Å². The number of benzene rings is 3. The van der Waals surface area contributed by atoms with Gasteiger partial charge >= 0.3 is 5.97 Å². The maximum absolute atomic E-state index is 14.2. The van der Waals surface area contributed by atoms with Crippen molar-refractivity contribution in [3.8, 4) is 5.75 Å². The Labute approximate surface area is 209 Å². The molecule has 0 bridgehead atoms. The van der Waals surface area contributed by atoms with Crippen molar-refractivity contribution in [2.75, 3.05) is 7.11 Å². The Kier molecular flexibility index (Phi) is 8.17. The number of ether oxygens (including phenoxy) is 1. The fraction of sp³-hybridized carbons (Fsp3) is 0.269. The molecule has 6 nitrogen and oxygen atoms in total. The maximum Gasteiger partial charge on any atom is 0.322 e. The molecule has 0 fully saturated rings. The molecule has 0 radical (unpaired) electrons. The first-order valence-corrected chi connectivity index (χ1v) is 13.0. The van der Waals surface area contributed by atoms with Crippen LogP contribution in [-0.4, -0.2) is 37.0 Å². The maximum atomic E-state index is 14.2. The largest absolute Gasteiger partial charge is 0.496 e. The number of carboxylic acid groups (broad SMARTS) is 1. The lowest BCUT2D eigenvalue weighted by Gasteiger charge is -2.30. The van der Waals surface area contributed by atoms with Gasteiger partial charge in [-0.25, -0.2) is 8.42 Å². The van der Waals surface area contributed by atoms with Crippen molar-refractivity contribution >= 4 is 31.9 Å². The van der Waals surface area contributed by atoms with E-state index in [1.54, 1.807) is 57.2 Å². The molecule has 180 valence electrons. The Balaban J connectivity index is 2.20. The second-order valence-electron chi connectivity index (χ2n) is 8.20. The Bertz CT molecular complexity index is 1290.